The van der Waals surface area contributed by atoms with Gasteiger partial charge in [0.1, 0.15) is 11.5 Å². The minimum Gasteiger partial charge on any atom is -0.508 e. The minimum atomic E-state index is 0.122. The summed E-state index contributed by atoms with van der Waals surface area (Å²) < 4.78 is 0. The van der Waals surface area contributed by atoms with Crippen molar-refractivity contribution in [3.63, 3.8) is 0 Å². The van der Waals surface area contributed by atoms with Gasteiger partial charge in [-0.3, -0.25) is 4.79 Å². The third kappa shape index (κ3) is 2.08. The van der Waals surface area contributed by atoms with Crippen molar-refractivity contribution in [3.8, 4) is 5.75 Å². The fraction of sp³-hybridized carbons (Fsp3) is 0.364. The van der Waals surface area contributed by atoms with E-state index in [0.29, 0.717) is 6.42 Å². The number of carbonyl (C=O) groups excluding carboxylic acids is 1. The zero-order chi connectivity index (χ0) is 10.0. The van der Waals surface area contributed by atoms with Gasteiger partial charge in [0.15, 0.2) is 0 Å². The number of hydrogen-bond donors (Lipinski definition) is 1. The van der Waals surface area contributed by atoms with Gasteiger partial charge in [0, 0.05) is 6.42 Å². The topological polar surface area (TPSA) is 37.3 Å². The standard InChI is InChI=1S/C11H14O2/c1-7-4-5-11(13)9(3)10(7)6-8(2)12/h4-5,13H,6H2,1-3H3. The molecule has 0 aliphatic rings. The van der Waals surface area contributed by atoms with E-state index in [2.05, 4.69) is 0 Å². The highest BCUT2D eigenvalue weighted by Crippen LogP contribution is 2.23. The van der Waals surface area contributed by atoms with Gasteiger partial charge in [-0.2, -0.15) is 0 Å². The van der Waals surface area contributed by atoms with Gasteiger partial charge in [0.05, 0.1) is 0 Å². The van der Waals surface area contributed by atoms with Crippen molar-refractivity contribution < 1.29 is 9.90 Å². The Labute approximate surface area is 78.2 Å². The van der Waals surface area contributed by atoms with E-state index in [-0.39, 0.29) is 11.5 Å². The zero-order valence-electron chi connectivity index (χ0n) is 8.22. The Morgan fingerprint density at radius 3 is 2.54 bits per heavy atom. The second-order valence-electron chi connectivity index (χ2n) is 3.38. The molecule has 0 atom stereocenters. The molecule has 2 nitrogen and oxygen atoms in total. The molecular weight excluding hydrogens is 164 g/mol. The van der Waals surface area contributed by atoms with E-state index in [1.807, 2.05) is 19.9 Å². The first-order valence-corrected chi connectivity index (χ1v) is 4.30. The molecule has 0 aromatic heterocycles. The van der Waals surface area contributed by atoms with Crippen molar-refractivity contribution >= 4 is 5.78 Å². The lowest BCUT2D eigenvalue weighted by Crippen LogP contribution is -2.01. The lowest BCUT2D eigenvalue weighted by atomic mass is 9.98. The monoisotopic (exact) mass is 178 g/mol. The molecule has 1 aromatic rings. The molecule has 13 heavy (non-hydrogen) atoms. The highest BCUT2D eigenvalue weighted by molar-refractivity contribution is 5.79. The van der Waals surface area contributed by atoms with Crippen LogP contribution in [-0.2, 0) is 11.2 Å². The van der Waals surface area contributed by atoms with Crippen LogP contribution in [0.3, 0.4) is 0 Å². The summed E-state index contributed by atoms with van der Waals surface area (Å²) in [6.07, 6.45) is 0.409. The van der Waals surface area contributed by atoms with E-state index in [1.54, 1.807) is 13.0 Å². The van der Waals surface area contributed by atoms with Gasteiger partial charge in [-0.25, -0.2) is 0 Å². The SMILES string of the molecule is CC(=O)Cc1c(C)ccc(O)c1C. The zero-order valence-corrected chi connectivity index (χ0v) is 8.22. The Balaban J connectivity index is 3.17. The fourth-order valence-electron chi connectivity index (χ4n) is 1.40. The molecule has 0 saturated heterocycles. The number of Topliss-reactive ketones (excluding diaryl/α,β-unsaturated/α-hetero) is 1. The van der Waals surface area contributed by atoms with Gasteiger partial charge in [-0.15, -0.1) is 0 Å². The predicted octanol–water partition coefficient (Wildman–Crippen LogP) is 2.14. The molecule has 0 unspecified atom stereocenters. The summed E-state index contributed by atoms with van der Waals surface area (Å²) in [4.78, 5) is 10.9. The quantitative estimate of drug-likeness (QED) is 0.753. The third-order valence-electron chi connectivity index (χ3n) is 2.23. The largest absolute Gasteiger partial charge is 0.508 e. The van der Waals surface area contributed by atoms with Gasteiger partial charge < -0.3 is 5.11 Å². The molecule has 0 aliphatic heterocycles. The maximum atomic E-state index is 10.9. The fourth-order valence-corrected chi connectivity index (χ4v) is 1.40. The van der Waals surface area contributed by atoms with Crippen molar-refractivity contribution in [3.05, 3.63) is 28.8 Å². The third-order valence-corrected chi connectivity index (χ3v) is 2.23. The van der Waals surface area contributed by atoms with Crippen molar-refractivity contribution in [2.75, 3.05) is 0 Å². The van der Waals surface area contributed by atoms with Crippen LogP contribution in [0, 0.1) is 13.8 Å². The molecule has 70 valence electrons. The molecular formula is C11H14O2. The van der Waals surface area contributed by atoms with Crippen LogP contribution < -0.4 is 0 Å². The Morgan fingerprint density at radius 2 is 2.00 bits per heavy atom. The van der Waals surface area contributed by atoms with Crippen LogP contribution in [0.4, 0.5) is 0 Å². The van der Waals surface area contributed by atoms with Crippen LogP contribution in [0.2, 0.25) is 0 Å². The highest BCUT2D eigenvalue weighted by atomic mass is 16.3. The molecule has 1 aromatic carbocycles. The van der Waals surface area contributed by atoms with Crippen LogP contribution >= 0.6 is 0 Å². The van der Waals surface area contributed by atoms with Crippen molar-refractivity contribution in [2.24, 2.45) is 0 Å². The van der Waals surface area contributed by atoms with Gasteiger partial charge in [0.2, 0.25) is 0 Å². The maximum absolute atomic E-state index is 10.9. The molecule has 0 aliphatic carbocycles. The van der Waals surface area contributed by atoms with Crippen LogP contribution in [0.25, 0.3) is 0 Å². The van der Waals surface area contributed by atoms with Crippen molar-refractivity contribution in [1.29, 1.82) is 0 Å². The lowest BCUT2D eigenvalue weighted by molar-refractivity contribution is -0.116. The summed E-state index contributed by atoms with van der Waals surface area (Å²) in [7, 11) is 0. The normalized spacial score (nSPS) is 10.1. The summed E-state index contributed by atoms with van der Waals surface area (Å²) in [5.41, 5.74) is 2.83. The van der Waals surface area contributed by atoms with E-state index < -0.39 is 0 Å². The van der Waals surface area contributed by atoms with Crippen molar-refractivity contribution in [2.45, 2.75) is 27.2 Å². The number of hydrogen-bond acceptors (Lipinski definition) is 2. The first-order valence-electron chi connectivity index (χ1n) is 4.30. The Hall–Kier alpha value is -1.31. The van der Waals surface area contributed by atoms with E-state index in [9.17, 15) is 9.90 Å². The summed E-state index contributed by atoms with van der Waals surface area (Å²) in [6, 6.07) is 3.49. The molecule has 2 heteroatoms. The van der Waals surface area contributed by atoms with Gasteiger partial charge in [-0.1, -0.05) is 6.07 Å². The smallest absolute Gasteiger partial charge is 0.134 e. The van der Waals surface area contributed by atoms with Crippen LogP contribution in [0.5, 0.6) is 5.75 Å². The van der Waals surface area contributed by atoms with E-state index in [1.165, 1.54) is 0 Å². The second-order valence-corrected chi connectivity index (χ2v) is 3.38. The predicted molar refractivity (Wildman–Crippen MR) is 52.0 cm³/mol. The average Bonchev–Trinajstić information content (AvgIpc) is 2.05. The number of benzene rings is 1. The number of aromatic hydroxyl groups is 1. The summed E-state index contributed by atoms with van der Waals surface area (Å²) in [5.74, 6) is 0.388. The molecule has 1 rings (SSSR count). The molecule has 0 heterocycles. The van der Waals surface area contributed by atoms with Gasteiger partial charge in [-0.05, 0) is 43.5 Å². The minimum absolute atomic E-state index is 0.122. The number of rotatable bonds is 2. The molecule has 0 radical (unpaired) electrons. The first-order chi connectivity index (χ1) is 6.02. The summed E-state index contributed by atoms with van der Waals surface area (Å²) >= 11 is 0. The number of phenolic OH excluding ortho intramolecular Hbond substituents is 1. The average molecular weight is 178 g/mol. The number of carbonyl (C=O) groups is 1. The van der Waals surface area contributed by atoms with Crippen LogP contribution in [0.1, 0.15) is 23.6 Å². The maximum Gasteiger partial charge on any atom is 0.134 e. The Morgan fingerprint density at radius 1 is 1.38 bits per heavy atom. The van der Waals surface area contributed by atoms with E-state index in [0.717, 1.165) is 16.7 Å². The van der Waals surface area contributed by atoms with Gasteiger partial charge >= 0.3 is 0 Å². The van der Waals surface area contributed by atoms with E-state index >= 15 is 0 Å². The summed E-state index contributed by atoms with van der Waals surface area (Å²) in [6.45, 7) is 5.34. The highest BCUT2D eigenvalue weighted by Gasteiger charge is 2.08. The molecule has 0 saturated carbocycles. The number of aryl methyl sites for hydroxylation is 1. The molecule has 0 bridgehead atoms. The summed E-state index contributed by atoms with van der Waals surface area (Å²) in [5, 5.41) is 9.43. The Kier molecular flexibility index (Phi) is 2.71. The molecule has 0 fully saturated rings. The molecule has 0 spiro atoms. The van der Waals surface area contributed by atoms with Crippen LogP contribution in [0.15, 0.2) is 12.1 Å². The van der Waals surface area contributed by atoms with Gasteiger partial charge in [0.25, 0.3) is 0 Å². The molecule has 1 N–H and O–H groups in total. The van der Waals surface area contributed by atoms with Crippen molar-refractivity contribution in [1.82, 2.24) is 0 Å². The Bertz CT molecular complexity index is 340. The van der Waals surface area contributed by atoms with E-state index in [4.69, 9.17) is 0 Å². The lowest BCUT2D eigenvalue weighted by Gasteiger charge is -2.09. The number of ketones is 1. The van der Waals surface area contributed by atoms with Crippen LogP contribution in [-0.4, -0.2) is 10.9 Å². The molecule has 0 amide bonds. The first kappa shape index (κ1) is 9.78. The number of phenols is 1. The second kappa shape index (κ2) is 3.60.